The normalized spacial score (nSPS) is 18.4. The number of hydrogen-bond acceptors (Lipinski definition) is 5. The number of amides is 1. The van der Waals surface area contributed by atoms with E-state index in [1.807, 2.05) is 24.3 Å². The second-order valence-electron chi connectivity index (χ2n) is 5.11. The molecule has 1 fully saturated rings. The first kappa shape index (κ1) is 17.2. The van der Waals surface area contributed by atoms with Crippen LogP contribution in [0.5, 0.6) is 0 Å². The monoisotopic (exact) mass is 398 g/mol. The summed E-state index contributed by atoms with van der Waals surface area (Å²) in [6.07, 6.45) is 1.71. The molecular formula is C15H13BrNO3S2-. The van der Waals surface area contributed by atoms with Crippen LogP contribution in [0.2, 0.25) is 0 Å². The molecule has 1 aliphatic rings. The molecule has 0 bridgehead atoms. The Labute approximate surface area is 146 Å². The Hall–Kier alpha value is -1.18. The van der Waals surface area contributed by atoms with Crippen LogP contribution in [0, 0.1) is 5.92 Å². The molecule has 1 aromatic carbocycles. The largest absolute Gasteiger partial charge is 0.548 e. The van der Waals surface area contributed by atoms with Crippen molar-refractivity contribution in [2.24, 2.45) is 5.92 Å². The predicted molar refractivity (Wildman–Crippen MR) is 92.8 cm³/mol. The lowest BCUT2D eigenvalue weighted by atomic mass is 10.0. The first-order valence-corrected chi connectivity index (χ1v) is 8.56. The number of nitrogens with zero attached hydrogens (tertiary/aromatic N) is 1. The molecule has 7 heteroatoms. The maximum atomic E-state index is 12.5. The average Bonchev–Trinajstić information content (AvgIpc) is 2.66. The highest BCUT2D eigenvalue weighted by atomic mass is 79.9. The fourth-order valence-electron chi connectivity index (χ4n) is 2.14. The van der Waals surface area contributed by atoms with Gasteiger partial charge in [-0.15, -0.1) is 0 Å². The standard InChI is InChI=1S/C15H14BrNO3S2/c1-8(2)12(14(19)20)17-13(18)11(22-15(17)21)7-9-4-3-5-10(16)6-9/h3-8,12H,1-2H3,(H,19,20)/p-1/b11-7-/t12-/m1/s1. The number of rotatable bonds is 4. The summed E-state index contributed by atoms with van der Waals surface area (Å²) in [4.78, 5) is 25.4. The fourth-order valence-corrected chi connectivity index (χ4v) is 3.89. The number of benzene rings is 1. The Balaban J connectivity index is 2.34. The molecule has 1 aliphatic heterocycles. The van der Waals surface area contributed by atoms with Crippen molar-refractivity contribution < 1.29 is 14.7 Å². The van der Waals surface area contributed by atoms with E-state index in [-0.39, 0.29) is 10.2 Å². The number of carboxylic acids is 1. The van der Waals surface area contributed by atoms with Gasteiger partial charge in [0.1, 0.15) is 4.32 Å². The van der Waals surface area contributed by atoms with Crippen molar-refractivity contribution in [2.45, 2.75) is 19.9 Å². The van der Waals surface area contributed by atoms with Crippen molar-refractivity contribution in [3.05, 3.63) is 39.2 Å². The highest BCUT2D eigenvalue weighted by Gasteiger charge is 2.38. The lowest BCUT2D eigenvalue weighted by Crippen LogP contribution is -2.52. The minimum Gasteiger partial charge on any atom is -0.548 e. The maximum absolute atomic E-state index is 12.5. The lowest BCUT2D eigenvalue weighted by Gasteiger charge is -2.30. The zero-order valence-corrected chi connectivity index (χ0v) is 15.1. The summed E-state index contributed by atoms with van der Waals surface area (Å²) in [5.74, 6) is -1.98. The van der Waals surface area contributed by atoms with Crippen LogP contribution < -0.4 is 5.11 Å². The van der Waals surface area contributed by atoms with Gasteiger partial charge in [0.25, 0.3) is 5.91 Å². The molecule has 0 unspecified atom stereocenters. The van der Waals surface area contributed by atoms with Gasteiger partial charge >= 0.3 is 0 Å². The van der Waals surface area contributed by atoms with Crippen molar-refractivity contribution in [3.8, 4) is 0 Å². The van der Waals surface area contributed by atoms with Gasteiger partial charge in [-0.05, 0) is 29.7 Å². The molecule has 2 rings (SSSR count). The van der Waals surface area contributed by atoms with E-state index in [1.54, 1.807) is 19.9 Å². The Morgan fingerprint density at radius 2 is 2.14 bits per heavy atom. The van der Waals surface area contributed by atoms with Crippen molar-refractivity contribution in [1.82, 2.24) is 4.90 Å². The van der Waals surface area contributed by atoms with E-state index >= 15 is 0 Å². The number of aliphatic carboxylic acids is 1. The van der Waals surface area contributed by atoms with Crippen molar-refractivity contribution in [1.29, 1.82) is 0 Å². The van der Waals surface area contributed by atoms with Crippen LogP contribution in [0.25, 0.3) is 6.08 Å². The number of carbonyl (C=O) groups excluding carboxylic acids is 2. The van der Waals surface area contributed by atoms with Crippen LogP contribution in [-0.2, 0) is 9.59 Å². The number of thiocarbonyl (C=S) groups is 1. The predicted octanol–water partition coefficient (Wildman–Crippen LogP) is 2.42. The Kier molecular flexibility index (Phi) is 5.41. The first-order valence-electron chi connectivity index (χ1n) is 6.54. The van der Waals surface area contributed by atoms with E-state index in [0.29, 0.717) is 4.91 Å². The summed E-state index contributed by atoms with van der Waals surface area (Å²) in [6.45, 7) is 3.44. The highest BCUT2D eigenvalue weighted by Crippen LogP contribution is 2.35. The molecule has 1 heterocycles. The Bertz CT molecular complexity index is 673. The quantitative estimate of drug-likeness (QED) is 0.575. The molecule has 0 spiro atoms. The summed E-state index contributed by atoms with van der Waals surface area (Å²) in [6, 6.07) is 6.41. The molecule has 0 radical (unpaired) electrons. The number of carboxylic acid groups (broad SMARTS) is 1. The molecule has 0 aromatic heterocycles. The molecule has 4 nitrogen and oxygen atoms in total. The maximum Gasteiger partial charge on any atom is 0.266 e. The third-order valence-corrected chi connectivity index (χ3v) is 4.94. The van der Waals surface area contributed by atoms with E-state index in [2.05, 4.69) is 15.9 Å². The average molecular weight is 399 g/mol. The lowest BCUT2D eigenvalue weighted by molar-refractivity contribution is -0.311. The highest BCUT2D eigenvalue weighted by molar-refractivity contribution is 9.10. The van der Waals surface area contributed by atoms with Crippen LogP contribution in [0.4, 0.5) is 0 Å². The van der Waals surface area contributed by atoms with Gasteiger partial charge in [0.15, 0.2) is 0 Å². The van der Waals surface area contributed by atoms with Crippen molar-refractivity contribution in [3.63, 3.8) is 0 Å². The first-order chi connectivity index (χ1) is 10.3. The molecular weight excluding hydrogens is 386 g/mol. The smallest absolute Gasteiger partial charge is 0.266 e. The summed E-state index contributed by atoms with van der Waals surface area (Å²) >= 11 is 9.65. The molecule has 0 aliphatic carbocycles. The second-order valence-corrected chi connectivity index (χ2v) is 7.71. The molecule has 1 saturated heterocycles. The van der Waals surface area contributed by atoms with Crippen molar-refractivity contribution in [2.75, 3.05) is 0 Å². The van der Waals surface area contributed by atoms with Crippen LogP contribution >= 0.6 is 39.9 Å². The van der Waals surface area contributed by atoms with Gasteiger partial charge in [-0.25, -0.2) is 0 Å². The molecule has 1 amide bonds. The van der Waals surface area contributed by atoms with E-state index in [4.69, 9.17) is 12.2 Å². The zero-order valence-electron chi connectivity index (χ0n) is 11.9. The van der Waals surface area contributed by atoms with E-state index < -0.39 is 17.9 Å². The summed E-state index contributed by atoms with van der Waals surface area (Å²) in [7, 11) is 0. The van der Waals surface area contributed by atoms with Crippen LogP contribution in [0.15, 0.2) is 33.6 Å². The van der Waals surface area contributed by atoms with E-state index in [0.717, 1.165) is 26.7 Å². The van der Waals surface area contributed by atoms with Gasteiger partial charge in [0, 0.05) is 4.47 Å². The van der Waals surface area contributed by atoms with Crippen LogP contribution in [-0.4, -0.2) is 27.1 Å². The molecule has 1 atom stereocenters. The summed E-state index contributed by atoms with van der Waals surface area (Å²) in [5, 5.41) is 11.3. The topological polar surface area (TPSA) is 60.4 Å². The second kappa shape index (κ2) is 6.93. The molecule has 0 N–H and O–H groups in total. The van der Waals surface area contributed by atoms with Gasteiger partial charge in [-0.3, -0.25) is 9.69 Å². The Morgan fingerprint density at radius 3 is 2.68 bits per heavy atom. The minimum absolute atomic E-state index is 0.245. The van der Waals surface area contributed by atoms with Gasteiger partial charge < -0.3 is 9.90 Å². The zero-order chi connectivity index (χ0) is 16.4. The van der Waals surface area contributed by atoms with Gasteiger partial charge in [0.2, 0.25) is 0 Å². The number of carbonyl (C=O) groups is 2. The van der Waals surface area contributed by atoms with Crippen LogP contribution in [0.3, 0.4) is 0 Å². The molecule has 22 heavy (non-hydrogen) atoms. The van der Waals surface area contributed by atoms with Crippen LogP contribution in [0.1, 0.15) is 19.4 Å². The van der Waals surface area contributed by atoms with E-state index in [9.17, 15) is 14.7 Å². The number of halogens is 1. The third kappa shape index (κ3) is 3.59. The molecule has 1 aromatic rings. The summed E-state index contributed by atoms with van der Waals surface area (Å²) in [5.41, 5.74) is 0.837. The SMILES string of the molecule is CC(C)[C@H](C(=O)[O-])N1C(=O)/C(=C/c2cccc(Br)c2)SC1=S. The number of thioether (sulfide) groups is 1. The van der Waals surface area contributed by atoms with Gasteiger partial charge in [0.05, 0.1) is 16.9 Å². The third-order valence-electron chi connectivity index (χ3n) is 3.12. The minimum atomic E-state index is -1.30. The van der Waals surface area contributed by atoms with Crippen molar-refractivity contribution >= 4 is 62.2 Å². The number of hydrogen-bond donors (Lipinski definition) is 0. The van der Waals surface area contributed by atoms with Gasteiger partial charge in [-0.2, -0.15) is 0 Å². The fraction of sp³-hybridized carbons (Fsp3) is 0.267. The Morgan fingerprint density at radius 1 is 1.45 bits per heavy atom. The van der Waals surface area contributed by atoms with Gasteiger partial charge in [-0.1, -0.05) is 65.9 Å². The van der Waals surface area contributed by atoms with E-state index in [1.165, 1.54) is 0 Å². The molecule has 0 saturated carbocycles. The summed E-state index contributed by atoms with van der Waals surface area (Å²) < 4.78 is 1.14. The molecule has 116 valence electrons.